The van der Waals surface area contributed by atoms with Gasteiger partial charge in [-0.15, -0.1) is 0 Å². The van der Waals surface area contributed by atoms with E-state index in [9.17, 15) is 9.59 Å². The number of aromatic nitrogens is 2. The predicted octanol–water partition coefficient (Wildman–Crippen LogP) is 1.30. The SMILES string of the molecule is O=c1c(NCc2ccncc2)c(NCc2ccncc2)c1=O. The zero-order valence-electron chi connectivity index (χ0n) is 11.7. The van der Waals surface area contributed by atoms with Crippen LogP contribution in [0.25, 0.3) is 0 Å². The molecule has 0 fully saturated rings. The third-order valence-corrected chi connectivity index (χ3v) is 3.35. The predicted molar refractivity (Wildman–Crippen MR) is 84.5 cm³/mol. The Balaban J connectivity index is 1.67. The fraction of sp³-hybridized carbons (Fsp3) is 0.125. The maximum absolute atomic E-state index is 11.7. The van der Waals surface area contributed by atoms with Gasteiger partial charge in [0.15, 0.2) is 0 Å². The second-order valence-corrected chi connectivity index (χ2v) is 4.83. The van der Waals surface area contributed by atoms with Crippen LogP contribution in [0.2, 0.25) is 0 Å². The first kappa shape index (κ1) is 13.9. The highest BCUT2D eigenvalue weighted by molar-refractivity contribution is 5.74. The first-order chi connectivity index (χ1) is 10.8. The highest BCUT2D eigenvalue weighted by Crippen LogP contribution is 2.16. The molecule has 0 aliphatic rings. The van der Waals surface area contributed by atoms with Crippen LogP contribution in [0.15, 0.2) is 58.6 Å². The van der Waals surface area contributed by atoms with Crippen molar-refractivity contribution in [3.8, 4) is 0 Å². The average molecular weight is 294 g/mol. The highest BCUT2D eigenvalue weighted by atomic mass is 16.2. The number of hydrogen-bond donors (Lipinski definition) is 2. The van der Waals surface area contributed by atoms with Crippen molar-refractivity contribution < 1.29 is 0 Å². The Hall–Kier alpha value is -3.02. The van der Waals surface area contributed by atoms with Gasteiger partial charge in [0.2, 0.25) is 0 Å². The summed E-state index contributed by atoms with van der Waals surface area (Å²) in [6.07, 6.45) is 6.73. The summed E-state index contributed by atoms with van der Waals surface area (Å²) in [7, 11) is 0. The average Bonchev–Trinajstić information content (AvgIpc) is 2.58. The number of hydrogen-bond acceptors (Lipinski definition) is 6. The van der Waals surface area contributed by atoms with Crippen LogP contribution < -0.4 is 21.5 Å². The van der Waals surface area contributed by atoms with Crippen molar-refractivity contribution in [1.29, 1.82) is 0 Å². The van der Waals surface area contributed by atoms with Gasteiger partial charge in [0.05, 0.1) is 0 Å². The number of nitrogens with one attached hydrogen (secondary N) is 2. The van der Waals surface area contributed by atoms with Crippen LogP contribution in [0, 0.1) is 0 Å². The Bertz CT molecular complexity index is 753. The molecule has 110 valence electrons. The fourth-order valence-electron chi connectivity index (χ4n) is 2.11. The molecule has 0 unspecified atom stereocenters. The number of rotatable bonds is 6. The lowest BCUT2D eigenvalue weighted by Crippen LogP contribution is -2.37. The monoisotopic (exact) mass is 294 g/mol. The van der Waals surface area contributed by atoms with Crippen molar-refractivity contribution in [2.24, 2.45) is 0 Å². The summed E-state index contributed by atoms with van der Waals surface area (Å²) < 4.78 is 0. The Morgan fingerprint density at radius 1 is 0.682 bits per heavy atom. The molecule has 2 heterocycles. The summed E-state index contributed by atoms with van der Waals surface area (Å²) in [6, 6.07) is 7.40. The van der Waals surface area contributed by atoms with Crippen LogP contribution >= 0.6 is 0 Å². The molecule has 0 aliphatic carbocycles. The van der Waals surface area contributed by atoms with Crippen LogP contribution in [0.4, 0.5) is 11.4 Å². The van der Waals surface area contributed by atoms with E-state index in [0.717, 1.165) is 11.1 Å². The van der Waals surface area contributed by atoms with Gasteiger partial charge in [-0.3, -0.25) is 19.6 Å². The van der Waals surface area contributed by atoms with Crippen LogP contribution in [-0.2, 0) is 13.1 Å². The quantitative estimate of drug-likeness (QED) is 0.667. The maximum Gasteiger partial charge on any atom is 0.253 e. The first-order valence-electron chi connectivity index (χ1n) is 6.84. The van der Waals surface area contributed by atoms with Gasteiger partial charge >= 0.3 is 0 Å². The van der Waals surface area contributed by atoms with Gasteiger partial charge in [0.25, 0.3) is 10.9 Å². The molecule has 2 N–H and O–H groups in total. The number of pyridine rings is 2. The van der Waals surface area contributed by atoms with Gasteiger partial charge in [-0.1, -0.05) is 0 Å². The van der Waals surface area contributed by atoms with Crippen LogP contribution in [0.1, 0.15) is 11.1 Å². The molecule has 22 heavy (non-hydrogen) atoms. The largest absolute Gasteiger partial charge is 0.376 e. The molecule has 0 radical (unpaired) electrons. The van der Waals surface area contributed by atoms with E-state index in [1.165, 1.54) is 0 Å². The van der Waals surface area contributed by atoms with Gasteiger partial charge in [-0.2, -0.15) is 0 Å². The smallest absolute Gasteiger partial charge is 0.253 e. The summed E-state index contributed by atoms with van der Waals surface area (Å²) >= 11 is 0. The second-order valence-electron chi connectivity index (χ2n) is 4.83. The van der Waals surface area contributed by atoms with Gasteiger partial charge in [-0.05, 0) is 35.4 Å². The molecule has 0 spiro atoms. The van der Waals surface area contributed by atoms with Crippen LogP contribution in [0.5, 0.6) is 0 Å². The lowest BCUT2D eigenvalue weighted by molar-refractivity contribution is 1.08. The lowest BCUT2D eigenvalue weighted by atomic mass is 10.1. The maximum atomic E-state index is 11.7. The van der Waals surface area contributed by atoms with Crippen molar-refractivity contribution in [3.05, 3.63) is 80.6 Å². The molecule has 3 aromatic rings. The normalized spacial score (nSPS) is 10.5. The summed E-state index contributed by atoms with van der Waals surface area (Å²) in [5.74, 6) is 0. The Kier molecular flexibility index (Phi) is 3.91. The topological polar surface area (TPSA) is 84.0 Å². The van der Waals surface area contributed by atoms with E-state index < -0.39 is 10.9 Å². The standard InChI is InChI=1S/C16H14N4O2/c21-15-13(19-9-11-1-5-17-6-2-11)14(16(15)22)20-10-12-3-7-18-8-4-12/h1-8,19-20H,9-10H2. The Labute approximate surface area is 126 Å². The fourth-order valence-corrected chi connectivity index (χ4v) is 2.11. The Morgan fingerprint density at radius 3 is 1.41 bits per heavy atom. The lowest BCUT2D eigenvalue weighted by Gasteiger charge is -2.14. The summed E-state index contributed by atoms with van der Waals surface area (Å²) in [5.41, 5.74) is 1.70. The molecule has 0 saturated heterocycles. The molecule has 6 heteroatoms. The van der Waals surface area contributed by atoms with E-state index >= 15 is 0 Å². The van der Waals surface area contributed by atoms with E-state index in [2.05, 4.69) is 20.6 Å². The molecular formula is C16H14N4O2. The summed E-state index contributed by atoms with van der Waals surface area (Å²) in [6.45, 7) is 0.939. The number of nitrogens with zero attached hydrogens (tertiary/aromatic N) is 2. The number of anilines is 2. The molecule has 1 aromatic carbocycles. The molecule has 0 saturated carbocycles. The molecule has 0 atom stereocenters. The van der Waals surface area contributed by atoms with E-state index in [-0.39, 0.29) is 0 Å². The van der Waals surface area contributed by atoms with Crippen LogP contribution in [-0.4, -0.2) is 9.97 Å². The summed E-state index contributed by atoms with van der Waals surface area (Å²) in [4.78, 5) is 31.2. The van der Waals surface area contributed by atoms with E-state index in [1.54, 1.807) is 24.8 Å². The first-order valence-corrected chi connectivity index (χ1v) is 6.84. The molecule has 3 rings (SSSR count). The van der Waals surface area contributed by atoms with Gasteiger partial charge in [-0.25, -0.2) is 0 Å². The van der Waals surface area contributed by atoms with Gasteiger partial charge in [0.1, 0.15) is 11.4 Å². The third kappa shape index (κ3) is 2.85. The van der Waals surface area contributed by atoms with Crippen molar-refractivity contribution >= 4 is 11.4 Å². The van der Waals surface area contributed by atoms with E-state index in [4.69, 9.17) is 0 Å². The molecule has 0 aliphatic heterocycles. The molecule has 0 amide bonds. The van der Waals surface area contributed by atoms with Crippen molar-refractivity contribution in [3.63, 3.8) is 0 Å². The van der Waals surface area contributed by atoms with Gasteiger partial charge < -0.3 is 10.6 Å². The van der Waals surface area contributed by atoms with Crippen LogP contribution in [0.3, 0.4) is 0 Å². The molecular weight excluding hydrogens is 280 g/mol. The Morgan fingerprint density at radius 2 is 1.05 bits per heavy atom. The molecule has 0 bridgehead atoms. The van der Waals surface area contributed by atoms with E-state index in [1.807, 2.05) is 24.3 Å². The third-order valence-electron chi connectivity index (χ3n) is 3.35. The minimum absolute atomic E-state index is 0.343. The molecule has 2 aromatic heterocycles. The van der Waals surface area contributed by atoms with E-state index in [0.29, 0.717) is 24.5 Å². The zero-order valence-corrected chi connectivity index (χ0v) is 11.7. The van der Waals surface area contributed by atoms with Crippen molar-refractivity contribution in [1.82, 2.24) is 9.97 Å². The second kappa shape index (κ2) is 6.17. The minimum Gasteiger partial charge on any atom is -0.376 e. The van der Waals surface area contributed by atoms with Crippen molar-refractivity contribution in [2.75, 3.05) is 10.6 Å². The highest BCUT2D eigenvalue weighted by Gasteiger charge is 2.20. The molecule has 6 nitrogen and oxygen atoms in total. The van der Waals surface area contributed by atoms with Crippen molar-refractivity contribution in [2.45, 2.75) is 13.1 Å². The van der Waals surface area contributed by atoms with Gasteiger partial charge in [0, 0.05) is 37.9 Å². The summed E-state index contributed by atoms with van der Waals surface area (Å²) in [5, 5.41) is 6.02. The zero-order chi connectivity index (χ0) is 15.4. The minimum atomic E-state index is -0.480.